The number of aryl methyl sites for hydroxylation is 1. The largest absolute Gasteiger partial charge is 0.486 e. The summed E-state index contributed by atoms with van der Waals surface area (Å²) in [7, 11) is 0. The topological polar surface area (TPSA) is 69.3 Å². The van der Waals surface area contributed by atoms with Gasteiger partial charge in [0.1, 0.15) is 23.9 Å². The molecule has 1 N–H and O–H groups in total. The van der Waals surface area contributed by atoms with Gasteiger partial charge in [-0.25, -0.2) is 4.39 Å². The highest BCUT2D eigenvalue weighted by molar-refractivity contribution is 5.91. The van der Waals surface area contributed by atoms with Gasteiger partial charge in [-0.1, -0.05) is 0 Å². The lowest BCUT2D eigenvalue weighted by Crippen LogP contribution is -2.22. The van der Waals surface area contributed by atoms with Crippen LogP contribution in [0.25, 0.3) is 0 Å². The van der Waals surface area contributed by atoms with Crippen LogP contribution < -0.4 is 10.1 Å². The molecule has 1 amide bonds. The van der Waals surface area contributed by atoms with E-state index in [1.165, 1.54) is 24.3 Å². The highest BCUT2D eigenvalue weighted by atomic mass is 19.1. The van der Waals surface area contributed by atoms with Crippen molar-refractivity contribution >= 4 is 5.91 Å². The van der Waals surface area contributed by atoms with Crippen LogP contribution in [0.2, 0.25) is 0 Å². The van der Waals surface area contributed by atoms with Crippen molar-refractivity contribution in [3.63, 3.8) is 0 Å². The molecule has 1 aromatic carbocycles. The second-order valence-corrected chi connectivity index (χ2v) is 5.35. The van der Waals surface area contributed by atoms with Gasteiger partial charge < -0.3 is 14.5 Å². The Morgan fingerprint density at radius 2 is 2.04 bits per heavy atom. The molecule has 3 rings (SSSR count). The molecule has 0 saturated carbocycles. The van der Waals surface area contributed by atoms with Crippen LogP contribution in [0.5, 0.6) is 5.75 Å². The number of amides is 1. The van der Waals surface area contributed by atoms with E-state index in [4.69, 9.17) is 9.15 Å². The average Bonchev–Trinajstić information content (AvgIpc) is 3.28. The quantitative estimate of drug-likeness (QED) is 0.715. The van der Waals surface area contributed by atoms with Crippen molar-refractivity contribution in [2.45, 2.75) is 26.6 Å². The minimum absolute atomic E-state index is 0.153. The summed E-state index contributed by atoms with van der Waals surface area (Å²) in [6.07, 6.45) is 1.86. The third kappa shape index (κ3) is 4.47. The van der Waals surface area contributed by atoms with E-state index in [0.29, 0.717) is 18.1 Å². The summed E-state index contributed by atoms with van der Waals surface area (Å²) in [4.78, 5) is 12.1. The van der Waals surface area contributed by atoms with Gasteiger partial charge in [-0.15, -0.1) is 0 Å². The van der Waals surface area contributed by atoms with Gasteiger partial charge in [0.15, 0.2) is 5.76 Å². The normalized spacial score (nSPS) is 10.6. The fourth-order valence-electron chi connectivity index (χ4n) is 2.19. The van der Waals surface area contributed by atoms with Crippen LogP contribution in [0.1, 0.15) is 28.9 Å². The fourth-order valence-corrected chi connectivity index (χ4v) is 2.19. The van der Waals surface area contributed by atoms with Gasteiger partial charge in [0.25, 0.3) is 5.91 Å². The van der Waals surface area contributed by atoms with E-state index < -0.39 is 0 Å². The molecule has 25 heavy (non-hydrogen) atoms. The van der Waals surface area contributed by atoms with Gasteiger partial charge in [0, 0.05) is 12.7 Å². The molecule has 2 aromatic heterocycles. The number of nitrogens with one attached hydrogen (secondary N) is 1. The molecule has 7 heteroatoms. The Kier molecular flexibility index (Phi) is 5.13. The van der Waals surface area contributed by atoms with Crippen LogP contribution in [-0.4, -0.2) is 15.7 Å². The molecule has 0 saturated heterocycles. The molecule has 0 aliphatic carbocycles. The average molecular weight is 343 g/mol. The summed E-state index contributed by atoms with van der Waals surface area (Å²) >= 11 is 0. The van der Waals surface area contributed by atoms with Crippen molar-refractivity contribution in [3.05, 3.63) is 71.7 Å². The smallest absolute Gasteiger partial charge is 0.287 e. The molecule has 0 fully saturated rings. The van der Waals surface area contributed by atoms with Crippen molar-refractivity contribution in [1.29, 1.82) is 0 Å². The third-order valence-electron chi connectivity index (χ3n) is 3.53. The fraction of sp³-hybridized carbons (Fsp3) is 0.222. The Balaban J connectivity index is 1.51. The zero-order chi connectivity index (χ0) is 17.6. The van der Waals surface area contributed by atoms with Crippen molar-refractivity contribution in [2.75, 3.05) is 0 Å². The maximum absolute atomic E-state index is 12.8. The number of furan rings is 1. The number of aromatic nitrogens is 2. The lowest BCUT2D eigenvalue weighted by molar-refractivity contribution is 0.0918. The summed E-state index contributed by atoms with van der Waals surface area (Å²) in [5.74, 6) is 0.583. The Bertz CT molecular complexity index is 839. The number of halogens is 1. The monoisotopic (exact) mass is 343 g/mol. The highest BCUT2D eigenvalue weighted by Crippen LogP contribution is 2.15. The number of hydrogen-bond donors (Lipinski definition) is 1. The van der Waals surface area contributed by atoms with Gasteiger partial charge in [0.05, 0.1) is 12.2 Å². The molecule has 6 nitrogen and oxygen atoms in total. The summed E-state index contributed by atoms with van der Waals surface area (Å²) in [6.45, 7) is 3.26. The molecule has 2 heterocycles. The molecule has 0 aliphatic heterocycles. The Hall–Kier alpha value is -3.09. The van der Waals surface area contributed by atoms with E-state index in [-0.39, 0.29) is 24.1 Å². The van der Waals surface area contributed by atoms with E-state index in [9.17, 15) is 9.18 Å². The SMILES string of the molecule is CCn1ccc(CNC(=O)c2ccc(COc3ccc(F)cc3)o2)n1. The summed E-state index contributed by atoms with van der Waals surface area (Å²) in [6, 6.07) is 10.8. The van der Waals surface area contributed by atoms with Crippen LogP contribution in [0.3, 0.4) is 0 Å². The Morgan fingerprint density at radius 3 is 2.76 bits per heavy atom. The number of carbonyl (C=O) groups excluding carboxylic acids is 1. The van der Waals surface area contributed by atoms with Crippen LogP contribution in [0, 0.1) is 5.82 Å². The summed E-state index contributed by atoms with van der Waals surface area (Å²) < 4.78 is 25.6. The first-order valence-corrected chi connectivity index (χ1v) is 7.91. The second kappa shape index (κ2) is 7.65. The molecular weight excluding hydrogens is 325 g/mol. The van der Waals surface area contributed by atoms with E-state index in [1.807, 2.05) is 19.2 Å². The van der Waals surface area contributed by atoms with Crippen LogP contribution >= 0.6 is 0 Å². The van der Waals surface area contributed by atoms with Gasteiger partial charge in [0.2, 0.25) is 0 Å². The van der Waals surface area contributed by atoms with Gasteiger partial charge in [-0.05, 0) is 49.4 Å². The zero-order valence-corrected chi connectivity index (χ0v) is 13.7. The number of rotatable bonds is 7. The Morgan fingerprint density at radius 1 is 1.24 bits per heavy atom. The maximum atomic E-state index is 12.8. The standard InChI is InChI=1S/C18H18FN3O3/c1-2-22-10-9-14(21-22)11-20-18(23)17-8-7-16(25-17)12-24-15-5-3-13(19)4-6-15/h3-10H,2,11-12H2,1H3,(H,20,23). The minimum Gasteiger partial charge on any atom is -0.486 e. The van der Waals surface area contributed by atoms with Crippen molar-refractivity contribution < 1.29 is 18.3 Å². The summed E-state index contributed by atoms with van der Waals surface area (Å²) in [5, 5.41) is 7.05. The molecule has 0 unspecified atom stereocenters. The molecule has 0 aliphatic rings. The number of nitrogens with zero attached hydrogens (tertiary/aromatic N) is 2. The number of hydrogen-bond acceptors (Lipinski definition) is 4. The third-order valence-corrected chi connectivity index (χ3v) is 3.53. The first-order valence-electron chi connectivity index (χ1n) is 7.91. The van der Waals surface area contributed by atoms with Gasteiger partial charge in [-0.2, -0.15) is 5.10 Å². The lowest BCUT2D eigenvalue weighted by atomic mass is 10.3. The molecule has 0 bridgehead atoms. The van der Waals surface area contributed by atoms with Crippen LogP contribution in [0.4, 0.5) is 4.39 Å². The molecule has 0 spiro atoms. The number of ether oxygens (including phenoxy) is 1. The van der Waals surface area contributed by atoms with E-state index in [1.54, 1.807) is 16.8 Å². The molecule has 0 radical (unpaired) electrons. The molecule has 130 valence electrons. The van der Waals surface area contributed by atoms with E-state index in [0.717, 1.165) is 12.2 Å². The second-order valence-electron chi connectivity index (χ2n) is 5.35. The molecular formula is C18H18FN3O3. The molecule has 0 atom stereocenters. The van der Waals surface area contributed by atoms with E-state index in [2.05, 4.69) is 10.4 Å². The predicted octanol–water partition coefficient (Wildman–Crippen LogP) is 3.14. The Labute approximate surface area is 144 Å². The number of carbonyl (C=O) groups is 1. The highest BCUT2D eigenvalue weighted by Gasteiger charge is 2.12. The van der Waals surface area contributed by atoms with Gasteiger partial charge in [-0.3, -0.25) is 9.48 Å². The molecule has 3 aromatic rings. The lowest BCUT2D eigenvalue weighted by Gasteiger charge is -2.04. The van der Waals surface area contributed by atoms with E-state index >= 15 is 0 Å². The zero-order valence-electron chi connectivity index (χ0n) is 13.7. The first kappa shape index (κ1) is 16.8. The van der Waals surface area contributed by atoms with Crippen molar-refractivity contribution in [2.24, 2.45) is 0 Å². The summed E-state index contributed by atoms with van der Waals surface area (Å²) in [5.41, 5.74) is 0.779. The number of benzene rings is 1. The van der Waals surface area contributed by atoms with Crippen LogP contribution in [0.15, 0.2) is 53.1 Å². The first-order chi connectivity index (χ1) is 12.1. The predicted molar refractivity (Wildman–Crippen MR) is 88.5 cm³/mol. The minimum atomic E-state index is -0.326. The van der Waals surface area contributed by atoms with Crippen LogP contribution in [-0.2, 0) is 19.7 Å². The van der Waals surface area contributed by atoms with Crippen molar-refractivity contribution in [1.82, 2.24) is 15.1 Å². The van der Waals surface area contributed by atoms with Crippen molar-refractivity contribution in [3.8, 4) is 5.75 Å². The maximum Gasteiger partial charge on any atom is 0.287 e. The van der Waals surface area contributed by atoms with Gasteiger partial charge >= 0.3 is 0 Å².